The highest BCUT2D eigenvalue weighted by Gasteiger charge is 2.24. The third-order valence-corrected chi connectivity index (χ3v) is 5.61. The van der Waals surface area contributed by atoms with E-state index in [2.05, 4.69) is 4.74 Å². The summed E-state index contributed by atoms with van der Waals surface area (Å²) in [4.78, 5) is 11.6. The first-order chi connectivity index (χ1) is 11.9. The van der Waals surface area contributed by atoms with E-state index in [1.165, 1.54) is 38.4 Å². The molecular formula is C17H17NO6S. The number of rotatable bonds is 4. The first kappa shape index (κ1) is 17.1. The van der Waals surface area contributed by atoms with Gasteiger partial charge >= 0.3 is 5.97 Å². The predicted octanol–water partition coefficient (Wildman–Crippen LogP) is 2.07. The summed E-state index contributed by atoms with van der Waals surface area (Å²) in [5, 5.41) is 0. The molecule has 0 atom stereocenters. The van der Waals surface area contributed by atoms with E-state index < -0.39 is 16.0 Å². The van der Waals surface area contributed by atoms with Gasteiger partial charge in [0.05, 0.1) is 23.3 Å². The van der Waals surface area contributed by atoms with E-state index in [0.29, 0.717) is 36.0 Å². The number of hydrogen-bond donors (Lipinski definition) is 0. The molecule has 0 aromatic heterocycles. The molecule has 0 bridgehead atoms. The van der Waals surface area contributed by atoms with Gasteiger partial charge in [0, 0.05) is 13.1 Å². The highest BCUT2D eigenvalue weighted by atomic mass is 32.2. The highest BCUT2D eigenvalue weighted by molar-refractivity contribution is 7.92. The van der Waals surface area contributed by atoms with E-state index in [1.807, 2.05) is 0 Å². The lowest BCUT2D eigenvalue weighted by Gasteiger charge is -2.22. The van der Waals surface area contributed by atoms with E-state index in [-0.39, 0.29) is 4.90 Å². The van der Waals surface area contributed by atoms with Gasteiger partial charge in [-0.25, -0.2) is 13.2 Å². The number of carbonyl (C=O) groups excluding carboxylic acids is 1. The number of nitrogens with zero attached hydrogens (tertiary/aromatic N) is 1. The second kappa shape index (κ2) is 6.64. The van der Waals surface area contributed by atoms with E-state index in [1.54, 1.807) is 18.2 Å². The highest BCUT2D eigenvalue weighted by Crippen LogP contribution is 2.33. The molecule has 1 aliphatic rings. The maximum absolute atomic E-state index is 12.8. The quantitative estimate of drug-likeness (QED) is 0.774. The maximum Gasteiger partial charge on any atom is 0.337 e. The molecule has 0 saturated heterocycles. The molecule has 3 rings (SSSR count). The van der Waals surface area contributed by atoms with Gasteiger partial charge in [-0.1, -0.05) is 0 Å². The predicted molar refractivity (Wildman–Crippen MR) is 90.8 cm³/mol. The van der Waals surface area contributed by atoms with Crippen molar-refractivity contribution in [3.63, 3.8) is 0 Å². The lowest BCUT2D eigenvalue weighted by molar-refractivity contribution is 0.0600. The van der Waals surface area contributed by atoms with Crippen molar-refractivity contribution in [2.24, 2.45) is 0 Å². The topological polar surface area (TPSA) is 82.1 Å². The average molecular weight is 363 g/mol. The van der Waals surface area contributed by atoms with Gasteiger partial charge in [-0.3, -0.25) is 4.31 Å². The molecule has 1 heterocycles. The zero-order valence-corrected chi connectivity index (χ0v) is 14.6. The van der Waals surface area contributed by atoms with Crippen molar-refractivity contribution in [3.8, 4) is 11.5 Å². The number of benzene rings is 2. The Morgan fingerprint density at radius 2 is 1.68 bits per heavy atom. The molecule has 0 unspecified atom stereocenters. The summed E-state index contributed by atoms with van der Waals surface area (Å²) in [6, 6.07) is 10.6. The third kappa shape index (κ3) is 3.25. The minimum absolute atomic E-state index is 0.0938. The second-order valence-corrected chi connectivity index (χ2v) is 7.29. The lowest BCUT2D eigenvalue weighted by Crippen LogP contribution is -2.27. The van der Waals surface area contributed by atoms with Crippen LogP contribution < -0.4 is 13.8 Å². The van der Waals surface area contributed by atoms with Crippen LogP contribution in [0.15, 0.2) is 47.4 Å². The summed E-state index contributed by atoms with van der Waals surface area (Å²) >= 11 is 0. The Morgan fingerprint density at radius 1 is 1.04 bits per heavy atom. The van der Waals surface area contributed by atoms with Gasteiger partial charge in [-0.05, 0) is 36.4 Å². The fourth-order valence-corrected chi connectivity index (χ4v) is 3.62. The molecule has 0 amide bonds. The fourth-order valence-electron chi connectivity index (χ4n) is 2.41. The summed E-state index contributed by atoms with van der Waals surface area (Å²) in [5.41, 5.74) is 0.763. The lowest BCUT2D eigenvalue weighted by atomic mass is 10.2. The Kier molecular flexibility index (Phi) is 4.54. The monoisotopic (exact) mass is 363 g/mol. The number of sulfonamides is 1. The molecule has 7 nitrogen and oxygen atoms in total. The molecule has 25 heavy (non-hydrogen) atoms. The Hall–Kier alpha value is -2.74. The Labute approximate surface area is 145 Å². The first-order valence-electron chi connectivity index (χ1n) is 7.50. The van der Waals surface area contributed by atoms with Crippen molar-refractivity contribution in [2.45, 2.75) is 4.90 Å². The van der Waals surface area contributed by atoms with Gasteiger partial charge in [0.1, 0.15) is 13.2 Å². The van der Waals surface area contributed by atoms with Crippen LogP contribution in [0.5, 0.6) is 11.5 Å². The zero-order valence-electron chi connectivity index (χ0n) is 13.8. The van der Waals surface area contributed by atoms with Crippen LogP contribution in [0.1, 0.15) is 10.4 Å². The smallest absolute Gasteiger partial charge is 0.337 e. The van der Waals surface area contributed by atoms with Gasteiger partial charge in [-0.15, -0.1) is 0 Å². The number of carbonyl (C=O) groups is 1. The molecule has 0 radical (unpaired) electrons. The van der Waals surface area contributed by atoms with E-state index in [0.717, 1.165) is 4.31 Å². The summed E-state index contributed by atoms with van der Waals surface area (Å²) in [6.07, 6.45) is 0. The minimum atomic E-state index is -3.78. The maximum atomic E-state index is 12.8. The number of ether oxygens (including phenoxy) is 3. The van der Waals surface area contributed by atoms with E-state index >= 15 is 0 Å². The summed E-state index contributed by atoms with van der Waals surface area (Å²) in [6.45, 7) is 0.812. The molecule has 0 saturated carbocycles. The van der Waals surface area contributed by atoms with Crippen LogP contribution in [0.2, 0.25) is 0 Å². The van der Waals surface area contributed by atoms with Crippen molar-refractivity contribution in [1.82, 2.24) is 0 Å². The van der Waals surface area contributed by atoms with Crippen molar-refractivity contribution < 1.29 is 27.4 Å². The molecular weight excluding hydrogens is 346 g/mol. The van der Waals surface area contributed by atoms with Crippen LogP contribution in [-0.2, 0) is 14.8 Å². The van der Waals surface area contributed by atoms with Crippen LogP contribution in [0.4, 0.5) is 5.69 Å². The number of anilines is 1. The summed E-state index contributed by atoms with van der Waals surface area (Å²) in [5.74, 6) is 0.445. The molecule has 0 N–H and O–H groups in total. The van der Waals surface area contributed by atoms with Crippen LogP contribution in [0.3, 0.4) is 0 Å². The fraction of sp³-hybridized carbons (Fsp3) is 0.235. The van der Waals surface area contributed by atoms with Gasteiger partial charge in [0.2, 0.25) is 0 Å². The standard InChI is InChI=1S/C17H17NO6S/c1-18(13-5-3-12(4-6-13)17(19)22-2)25(20,21)14-7-8-15-16(11-14)24-10-9-23-15/h3-8,11H,9-10H2,1-2H3. The van der Waals surface area contributed by atoms with Gasteiger partial charge in [0.25, 0.3) is 10.0 Å². The Bertz CT molecular complexity index is 892. The average Bonchev–Trinajstić information content (AvgIpc) is 2.66. The van der Waals surface area contributed by atoms with Crippen molar-refractivity contribution in [1.29, 1.82) is 0 Å². The van der Waals surface area contributed by atoms with Gasteiger partial charge < -0.3 is 14.2 Å². The van der Waals surface area contributed by atoms with Crippen LogP contribution in [0, 0.1) is 0 Å². The molecule has 132 valence electrons. The SMILES string of the molecule is COC(=O)c1ccc(N(C)S(=O)(=O)c2ccc3c(c2)OCCO3)cc1. The van der Waals surface area contributed by atoms with Crippen molar-refractivity contribution in [3.05, 3.63) is 48.0 Å². The number of methoxy groups -OCH3 is 1. The summed E-state index contributed by atoms with van der Waals surface area (Å²) in [7, 11) is -1.05. The first-order valence-corrected chi connectivity index (χ1v) is 8.94. The normalized spacial score (nSPS) is 13.2. The van der Waals surface area contributed by atoms with Crippen LogP contribution in [-0.4, -0.2) is 41.8 Å². The Balaban J connectivity index is 1.90. The third-order valence-electron chi connectivity index (χ3n) is 3.82. The van der Waals surface area contributed by atoms with Crippen LogP contribution in [0.25, 0.3) is 0 Å². The molecule has 2 aromatic rings. The molecule has 1 aliphatic heterocycles. The Morgan fingerprint density at radius 3 is 2.32 bits per heavy atom. The molecule has 0 spiro atoms. The summed E-state index contributed by atoms with van der Waals surface area (Å²) < 4.78 is 42.3. The number of hydrogen-bond acceptors (Lipinski definition) is 6. The van der Waals surface area contributed by atoms with E-state index in [9.17, 15) is 13.2 Å². The molecule has 2 aromatic carbocycles. The van der Waals surface area contributed by atoms with Crippen LogP contribution >= 0.6 is 0 Å². The largest absolute Gasteiger partial charge is 0.486 e. The minimum Gasteiger partial charge on any atom is -0.486 e. The molecule has 0 fully saturated rings. The zero-order chi connectivity index (χ0) is 18.0. The van der Waals surface area contributed by atoms with Crippen molar-refractivity contribution >= 4 is 21.7 Å². The number of fused-ring (bicyclic) bond motifs is 1. The molecule has 0 aliphatic carbocycles. The molecule has 8 heteroatoms. The second-order valence-electron chi connectivity index (χ2n) is 5.32. The number of esters is 1. The van der Waals surface area contributed by atoms with Crippen molar-refractivity contribution in [2.75, 3.05) is 31.7 Å². The van der Waals surface area contributed by atoms with Gasteiger partial charge in [0.15, 0.2) is 11.5 Å². The van der Waals surface area contributed by atoms with Gasteiger partial charge in [-0.2, -0.15) is 0 Å². The van der Waals surface area contributed by atoms with E-state index in [4.69, 9.17) is 9.47 Å².